The number of hydrogen-bond donors (Lipinski definition) is 2. The van der Waals surface area contributed by atoms with E-state index in [0.29, 0.717) is 18.6 Å². The normalized spacial score (nSPS) is 12.1. The molecule has 26 heavy (non-hydrogen) atoms. The van der Waals surface area contributed by atoms with E-state index in [9.17, 15) is 9.59 Å². The van der Waals surface area contributed by atoms with Crippen LogP contribution in [0, 0.1) is 0 Å². The minimum atomic E-state index is -0.819. The van der Waals surface area contributed by atoms with Gasteiger partial charge in [-0.3, -0.25) is 4.79 Å². The second-order valence-electron chi connectivity index (χ2n) is 5.88. The average Bonchev–Trinajstić information content (AvgIpc) is 3.27. The summed E-state index contributed by atoms with van der Waals surface area (Å²) < 4.78 is 11.2. The van der Waals surface area contributed by atoms with Crippen LogP contribution in [0.4, 0.5) is 0 Å². The molecule has 2 aromatic heterocycles. The fourth-order valence-corrected chi connectivity index (χ4v) is 3.16. The summed E-state index contributed by atoms with van der Waals surface area (Å²) in [6, 6.07) is 8.39. The molecule has 3 rings (SSSR count). The lowest BCUT2D eigenvalue weighted by Gasteiger charge is -2.15. The van der Waals surface area contributed by atoms with Crippen molar-refractivity contribution in [1.82, 2.24) is 10.3 Å². The number of nitrogens with one attached hydrogen (secondary N) is 2. The number of halogens is 1. The second kappa shape index (κ2) is 7.78. The van der Waals surface area contributed by atoms with E-state index in [0.717, 1.165) is 20.9 Å². The molecule has 0 aliphatic rings. The first-order valence-electron chi connectivity index (χ1n) is 8.24. The molecule has 1 atom stereocenters. The van der Waals surface area contributed by atoms with Crippen LogP contribution in [-0.2, 0) is 22.4 Å². The van der Waals surface area contributed by atoms with Gasteiger partial charge in [0.1, 0.15) is 11.8 Å². The number of H-pyrrole nitrogens is 1. The Morgan fingerprint density at radius 3 is 2.81 bits per heavy atom. The number of benzene rings is 1. The van der Waals surface area contributed by atoms with Gasteiger partial charge in [-0.2, -0.15) is 0 Å². The molecule has 0 spiro atoms. The Kier molecular flexibility index (Phi) is 5.46. The molecule has 2 N–H and O–H groups in total. The zero-order valence-electron chi connectivity index (χ0n) is 14.5. The van der Waals surface area contributed by atoms with Crippen LogP contribution in [0.5, 0.6) is 0 Å². The van der Waals surface area contributed by atoms with Crippen LogP contribution in [0.3, 0.4) is 0 Å². The summed E-state index contributed by atoms with van der Waals surface area (Å²) in [7, 11) is 1.30. The second-order valence-corrected chi connectivity index (χ2v) is 6.79. The molecule has 0 radical (unpaired) electrons. The number of aromatic nitrogens is 1. The number of hydrogen-bond acceptors (Lipinski definition) is 4. The van der Waals surface area contributed by atoms with Crippen LogP contribution in [0.15, 0.2) is 45.4 Å². The van der Waals surface area contributed by atoms with Crippen molar-refractivity contribution in [3.63, 3.8) is 0 Å². The molecule has 136 valence electrons. The Hall–Kier alpha value is -2.54. The predicted molar refractivity (Wildman–Crippen MR) is 101 cm³/mol. The highest BCUT2D eigenvalue weighted by Gasteiger charge is 2.25. The number of carbonyl (C=O) groups excluding carboxylic acids is 2. The van der Waals surface area contributed by atoms with Crippen LogP contribution >= 0.6 is 15.9 Å². The first-order valence-corrected chi connectivity index (χ1v) is 9.04. The summed E-state index contributed by atoms with van der Waals surface area (Å²) in [6.07, 6.45) is 2.83. The quantitative estimate of drug-likeness (QED) is 0.598. The van der Waals surface area contributed by atoms with E-state index in [1.807, 2.05) is 31.3 Å². The van der Waals surface area contributed by atoms with E-state index in [4.69, 9.17) is 9.15 Å². The maximum absolute atomic E-state index is 12.4. The topological polar surface area (TPSA) is 84.3 Å². The van der Waals surface area contributed by atoms with Crippen LogP contribution in [0.2, 0.25) is 0 Å². The van der Waals surface area contributed by atoms with Gasteiger partial charge in [-0.25, -0.2) is 4.79 Å². The molecule has 7 heteroatoms. The van der Waals surface area contributed by atoms with E-state index in [2.05, 4.69) is 26.2 Å². The van der Waals surface area contributed by atoms with Gasteiger partial charge in [-0.1, -0.05) is 22.9 Å². The molecule has 0 bridgehead atoms. The maximum atomic E-state index is 12.4. The highest BCUT2D eigenvalue weighted by Crippen LogP contribution is 2.24. The van der Waals surface area contributed by atoms with Gasteiger partial charge >= 0.3 is 5.97 Å². The summed E-state index contributed by atoms with van der Waals surface area (Å²) >= 11 is 3.45. The third kappa shape index (κ3) is 3.83. The number of methoxy groups -OCH3 is 1. The van der Waals surface area contributed by atoms with E-state index in [1.54, 1.807) is 12.1 Å². The molecule has 6 nitrogen and oxygen atoms in total. The van der Waals surface area contributed by atoms with Gasteiger partial charge in [0, 0.05) is 34.4 Å². The van der Waals surface area contributed by atoms with Gasteiger partial charge in [-0.15, -0.1) is 0 Å². The highest BCUT2D eigenvalue weighted by atomic mass is 79.9. The van der Waals surface area contributed by atoms with Crippen LogP contribution in [-0.4, -0.2) is 30.0 Å². The molecular formula is C19H19BrN2O4. The molecule has 1 aromatic carbocycles. The molecular weight excluding hydrogens is 400 g/mol. The molecule has 0 aliphatic heterocycles. The van der Waals surface area contributed by atoms with E-state index in [-0.39, 0.29) is 5.76 Å². The molecule has 0 unspecified atom stereocenters. The lowest BCUT2D eigenvalue weighted by Crippen LogP contribution is -2.42. The van der Waals surface area contributed by atoms with Crippen molar-refractivity contribution in [3.8, 4) is 0 Å². The number of furan rings is 1. The molecule has 3 aromatic rings. The molecule has 1 amide bonds. The summed E-state index contributed by atoms with van der Waals surface area (Å²) in [6.45, 7) is 1.94. The number of aryl methyl sites for hydroxylation is 1. The van der Waals surface area contributed by atoms with Gasteiger partial charge in [0.25, 0.3) is 5.91 Å². The largest absolute Gasteiger partial charge is 0.467 e. The number of carbonyl (C=O) groups is 2. The molecule has 0 fully saturated rings. The lowest BCUT2D eigenvalue weighted by atomic mass is 10.0. The number of ether oxygens (including phenoxy) is 1. The number of aromatic amines is 1. The van der Waals surface area contributed by atoms with Gasteiger partial charge in [0.15, 0.2) is 5.76 Å². The number of amides is 1. The number of rotatable bonds is 6. The molecule has 0 aliphatic carbocycles. The fourth-order valence-electron chi connectivity index (χ4n) is 2.79. The lowest BCUT2D eigenvalue weighted by molar-refractivity contribution is -0.142. The first-order chi connectivity index (χ1) is 12.5. The van der Waals surface area contributed by atoms with Crippen LogP contribution in [0.25, 0.3) is 10.9 Å². The van der Waals surface area contributed by atoms with Crippen molar-refractivity contribution in [2.24, 2.45) is 0 Å². The minimum absolute atomic E-state index is 0.178. The minimum Gasteiger partial charge on any atom is -0.467 e. The van der Waals surface area contributed by atoms with Crippen molar-refractivity contribution in [3.05, 3.63) is 58.1 Å². The molecule has 2 heterocycles. The van der Waals surface area contributed by atoms with E-state index >= 15 is 0 Å². The van der Waals surface area contributed by atoms with Crippen molar-refractivity contribution >= 4 is 38.7 Å². The number of esters is 1. The van der Waals surface area contributed by atoms with Crippen molar-refractivity contribution in [2.45, 2.75) is 25.8 Å². The third-order valence-corrected chi connectivity index (χ3v) is 4.67. The Labute approximate surface area is 159 Å². The predicted octanol–water partition coefficient (Wildman–Crippen LogP) is 3.60. The highest BCUT2D eigenvalue weighted by molar-refractivity contribution is 9.10. The van der Waals surface area contributed by atoms with Crippen LogP contribution < -0.4 is 5.32 Å². The SMILES string of the molecule is CCc1ccc(C(=O)N[C@@H](Cc2c[nH]c3ccc(Br)cc23)C(=O)OC)o1. The Morgan fingerprint density at radius 1 is 1.31 bits per heavy atom. The van der Waals surface area contributed by atoms with Crippen molar-refractivity contribution in [1.29, 1.82) is 0 Å². The van der Waals surface area contributed by atoms with E-state index in [1.165, 1.54) is 7.11 Å². The van der Waals surface area contributed by atoms with E-state index < -0.39 is 17.9 Å². The molecule has 0 saturated carbocycles. The Bertz CT molecular complexity index is 944. The monoisotopic (exact) mass is 418 g/mol. The average molecular weight is 419 g/mol. The van der Waals surface area contributed by atoms with Gasteiger partial charge in [0.05, 0.1) is 7.11 Å². The zero-order valence-corrected chi connectivity index (χ0v) is 16.1. The number of fused-ring (bicyclic) bond motifs is 1. The first kappa shape index (κ1) is 18.3. The summed E-state index contributed by atoms with van der Waals surface area (Å²) in [4.78, 5) is 27.8. The summed E-state index contributed by atoms with van der Waals surface area (Å²) in [5.74, 6) is -0.0604. The van der Waals surface area contributed by atoms with Gasteiger partial charge in [0.2, 0.25) is 0 Å². The Morgan fingerprint density at radius 2 is 2.12 bits per heavy atom. The maximum Gasteiger partial charge on any atom is 0.328 e. The standard InChI is InChI=1S/C19H19BrN2O4/c1-3-13-5-7-17(26-13)18(23)22-16(19(24)25-2)8-11-10-21-15-6-4-12(20)9-14(11)15/h4-7,9-10,16,21H,3,8H2,1-2H3,(H,22,23)/t16-/m0/s1. The van der Waals surface area contributed by atoms with Gasteiger partial charge in [-0.05, 0) is 35.9 Å². The smallest absolute Gasteiger partial charge is 0.328 e. The van der Waals surface area contributed by atoms with Crippen molar-refractivity contribution < 1.29 is 18.7 Å². The van der Waals surface area contributed by atoms with Gasteiger partial charge < -0.3 is 19.5 Å². The zero-order chi connectivity index (χ0) is 18.7. The third-order valence-electron chi connectivity index (χ3n) is 4.18. The Balaban J connectivity index is 1.82. The summed E-state index contributed by atoms with van der Waals surface area (Å²) in [5, 5.41) is 3.69. The van der Waals surface area contributed by atoms with Crippen molar-refractivity contribution in [2.75, 3.05) is 7.11 Å². The van der Waals surface area contributed by atoms with Crippen LogP contribution in [0.1, 0.15) is 28.8 Å². The summed E-state index contributed by atoms with van der Waals surface area (Å²) in [5.41, 5.74) is 1.86. The fraction of sp³-hybridized carbons (Fsp3) is 0.263. The molecule has 0 saturated heterocycles.